The van der Waals surface area contributed by atoms with E-state index < -0.39 is 12.3 Å². The molecule has 1 aliphatic heterocycles. The molecular weight excluding hydrogens is 169 g/mol. The Labute approximate surface area is 72.6 Å². The van der Waals surface area contributed by atoms with Crippen LogP contribution in [-0.2, 0) is 0 Å². The summed E-state index contributed by atoms with van der Waals surface area (Å²) in [7, 11) is 0. The number of halogens is 2. The lowest BCUT2D eigenvalue weighted by atomic mass is 9.81. The summed E-state index contributed by atoms with van der Waals surface area (Å²) < 4.78 is 12.8. The van der Waals surface area contributed by atoms with E-state index in [9.17, 15) is 9.50 Å². The predicted octanol–water partition coefficient (Wildman–Crippen LogP) is 0.737. The lowest BCUT2D eigenvalue weighted by Gasteiger charge is -2.37. The zero-order valence-corrected chi connectivity index (χ0v) is 7.62. The molecular formula is C7H15ClFNO. The van der Waals surface area contributed by atoms with Gasteiger partial charge < -0.3 is 10.4 Å². The van der Waals surface area contributed by atoms with Crippen LogP contribution in [0.5, 0.6) is 0 Å². The van der Waals surface area contributed by atoms with Gasteiger partial charge in [-0.25, -0.2) is 4.39 Å². The van der Waals surface area contributed by atoms with E-state index in [1.54, 1.807) is 0 Å². The topological polar surface area (TPSA) is 32.3 Å². The molecule has 1 fully saturated rings. The number of aliphatic hydroxyl groups excluding tert-OH is 1. The maximum Gasteiger partial charge on any atom is 0.139 e. The van der Waals surface area contributed by atoms with Gasteiger partial charge in [-0.3, -0.25) is 0 Å². The molecule has 0 unspecified atom stereocenters. The molecule has 11 heavy (non-hydrogen) atoms. The number of rotatable bonds is 0. The molecule has 1 aliphatic rings. The van der Waals surface area contributed by atoms with Crippen molar-refractivity contribution in [1.82, 2.24) is 5.32 Å². The Morgan fingerprint density at radius 1 is 1.55 bits per heavy atom. The molecule has 0 amide bonds. The molecule has 0 aliphatic carbocycles. The number of nitrogens with one attached hydrogen (secondary N) is 1. The van der Waals surface area contributed by atoms with Gasteiger partial charge in [0.05, 0.1) is 6.10 Å². The van der Waals surface area contributed by atoms with Crippen molar-refractivity contribution in [3.8, 4) is 0 Å². The summed E-state index contributed by atoms with van der Waals surface area (Å²) >= 11 is 0. The minimum Gasteiger partial charge on any atom is -0.389 e. The van der Waals surface area contributed by atoms with E-state index in [-0.39, 0.29) is 24.4 Å². The fraction of sp³-hybridized carbons (Fsp3) is 1.00. The first-order valence-electron chi connectivity index (χ1n) is 3.57. The maximum absolute atomic E-state index is 12.8. The van der Waals surface area contributed by atoms with Gasteiger partial charge in [-0.2, -0.15) is 0 Å². The quantitative estimate of drug-likeness (QED) is 0.581. The minimum atomic E-state index is -1.11. The highest BCUT2D eigenvalue weighted by atomic mass is 35.5. The Kier molecular flexibility index (Phi) is 3.74. The molecule has 0 aromatic heterocycles. The third kappa shape index (κ3) is 2.29. The second-order valence-corrected chi connectivity index (χ2v) is 3.58. The highest BCUT2D eigenvalue weighted by Crippen LogP contribution is 2.26. The highest BCUT2D eigenvalue weighted by Gasteiger charge is 2.37. The molecule has 1 saturated heterocycles. The van der Waals surface area contributed by atoms with Gasteiger partial charge >= 0.3 is 0 Å². The van der Waals surface area contributed by atoms with Gasteiger partial charge in [-0.1, -0.05) is 13.8 Å². The van der Waals surface area contributed by atoms with Crippen LogP contribution in [0.2, 0.25) is 0 Å². The Hall–Kier alpha value is 0.140. The van der Waals surface area contributed by atoms with Crippen LogP contribution < -0.4 is 5.32 Å². The van der Waals surface area contributed by atoms with Gasteiger partial charge in [0.15, 0.2) is 0 Å². The van der Waals surface area contributed by atoms with E-state index >= 15 is 0 Å². The van der Waals surface area contributed by atoms with Gasteiger partial charge in [-0.15, -0.1) is 12.4 Å². The Morgan fingerprint density at radius 2 is 2.09 bits per heavy atom. The number of alkyl halides is 1. The zero-order chi connectivity index (χ0) is 7.78. The van der Waals surface area contributed by atoms with E-state index in [1.165, 1.54) is 0 Å². The number of aliphatic hydroxyl groups is 1. The van der Waals surface area contributed by atoms with Crippen molar-refractivity contribution < 1.29 is 9.50 Å². The SMILES string of the molecule is CC1(C)CNC[C@H](F)[C@H]1O.Cl. The first-order valence-corrected chi connectivity index (χ1v) is 3.57. The van der Waals surface area contributed by atoms with E-state index in [0.29, 0.717) is 6.54 Å². The van der Waals surface area contributed by atoms with Crippen LogP contribution >= 0.6 is 12.4 Å². The van der Waals surface area contributed by atoms with Crippen molar-refractivity contribution in [2.75, 3.05) is 13.1 Å². The lowest BCUT2D eigenvalue weighted by Crippen LogP contribution is -2.53. The largest absolute Gasteiger partial charge is 0.389 e. The summed E-state index contributed by atoms with van der Waals surface area (Å²) in [6, 6.07) is 0. The molecule has 1 rings (SSSR count). The molecule has 2 N–H and O–H groups in total. The van der Waals surface area contributed by atoms with Crippen LogP contribution in [0.1, 0.15) is 13.8 Å². The zero-order valence-electron chi connectivity index (χ0n) is 6.80. The molecule has 0 saturated carbocycles. The van der Waals surface area contributed by atoms with Crippen molar-refractivity contribution in [2.24, 2.45) is 5.41 Å². The smallest absolute Gasteiger partial charge is 0.139 e. The molecule has 2 atom stereocenters. The number of piperidine rings is 1. The van der Waals surface area contributed by atoms with Gasteiger partial charge in [0, 0.05) is 18.5 Å². The number of hydrogen-bond acceptors (Lipinski definition) is 2. The Bertz CT molecular complexity index is 132. The fourth-order valence-corrected chi connectivity index (χ4v) is 1.24. The third-order valence-corrected chi connectivity index (χ3v) is 2.06. The van der Waals surface area contributed by atoms with Gasteiger partial charge in [-0.05, 0) is 0 Å². The molecule has 0 aromatic rings. The molecule has 1 heterocycles. The first kappa shape index (κ1) is 11.1. The summed E-state index contributed by atoms with van der Waals surface area (Å²) in [5, 5.41) is 12.2. The molecule has 2 nitrogen and oxygen atoms in total. The van der Waals surface area contributed by atoms with E-state index in [4.69, 9.17) is 0 Å². The molecule has 4 heteroatoms. The van der Waals surface area contributed by atoms with Crippen LogP contribution in [-0.4, -0.2) is 30.5 Å². The van der Waals surface area contributed by atoms with Crippen LogP contribution in [0, 0.1) is 5.41 Å². The Morgan fingerprint density at radius 3 is 2.45 bits per heavy atom. The summed E-state index contributed by atoms with van der Waals surface area (Å²) in [6.45, 7) is 4.69. The van der Waals surface area contributed by atoms with Gasteiger partial charge in [0.1, 0.15) is 6.17 Å². The normalized spacial score (nSPS) is 36.0. The van der Waals surface area contributed by atoms with Gasteiger partial charge in [0.25, 0.3) is 0 Å². The summed E-state index contributed by atoms with van der Waals surface area (Å²) in [6.07, 6.45) is -1.92. The second kappa shape index (κ2) is 3.70. The standard InChI is InChI=1S/C7H14FNO.ClH/c1-7(2)4-9-3-5(8)6(7)10;/h5-6,9-10H,3-4H2,1-2H3;1H/t5-,6+;/m0./s1. The molecule has 0 aromatic carbocycles. The molecule has 0 bridgehead atoms. The summed E-state index contributed by atoms with van der Waals surface area (Å²) in [5.74, 6) is 0. The Balaban J connectivity index is 0.000001000. The molecule has 0 spiro atoms. The monoisotopic (exact) mass is 183 g/mol. The molecule has 68 valence electrons. The molecule has 0 radical (unpaired) electrons. The van der Waals surface area contributed by atoms with Crippen LogP contribution in [0.15, 0.2) is 0 Å². The predicted molar refractivity (Wildman–Crippen MR) is 44.8 cm³/mol. The number of hydrogen-bond donors (Lipinski definition) is 2. The van der Waals surface area contributed by atoms with Crippen LogP contribution in [0.25, 0.3) is 0 Å². The van der Waals surface area contributed by atoms with Gasteiger partial charge in [0.2, 0.25) is 0 Å². The average Bonchev–Trinajstić information content (AvgIpc) is 1.83. The maximum atomic E-state index is 12.8. The second-order valence-electron chi connectivity index (χ2n) is 3.58. The van der Waals surface area contributed by atoms with Crippen LogP contribution in [0.4, 0.5) is 4.39 Å². The fourth-order valence-electron chi connectivity index (χ4n) is 1.24. The summed E-state index contributed by atoms with van der Waals surface area (Å²) in [5.41, 5.74) is -0.322. The average molecular weight is 184 g/mol. The highest BCUT2D eigenvalue weighted by molar-refractivity contribution is 5.85. The van der Waals surface area contributed by atoms with E-state index in [0.717, 1.165) is 0 Å². The van der Waals surface area contributed by atoms with E-state index in [1.807, 2.05) is 13.8 Å². The van der Waals surface area contributed by atoms with Crippen molar-refractivity contribution >= 4 is 12.4 Å². The van der Waals surface area contributed by atoms with Crippen molar-refractivity contribution in [3.05, 3.63) is 0 Å². The summed E-state index contributed by atoms with van der Waals surface area (Å²) in [4.78, 5) is 0. The third-order valence-electron chi connectivity index (χ3n) is 2.06. The van der Waals surface area contributed by atoms with Crippen molar-refractivity contribution in [1.29, 1.82) is 0 Å². The van der Waals surface area contributed by atoms with Crippen molar-refractivity contribution in [2.45, 2.75) is 26.1 Å². The van der Waals surface area contributed by atoms with E-state index in [2.05, 4.69) is 5.32 Å². The lowest BCUT2D eigenvalue weighted by molar-refractivity contribution is -0.0346. The minimum absolute atomic E-state index is 0. The van der Waals surface area contributed by atoms with Crippen molar-refractivity contribution in [3.63, 3.8) is 0 Å². The first-order chi connectivity index (χ1) is 4.54. The van der Waals surface area contributed by atoms with Crippen LogP contribution in [0.3, 0.4) is 0 Å².